The number of hydrogen-bond donors (Lipinski definition) is 1. The van der Waals surface area contributed by atoms with E-state index >= 15 is 0 Å². The molecule has 0 bridgehead atoms. The maximum absolute atomic E-state index is 11.6. The minimum Gasteiger partial charge on any atom is -0.494 e. The molecule has 0 radical (unpaired) electrons. The van der Waals surface area contributed by atoms with Gasteiger partial charge in [-0.05, 0) is 68.7 Å². The molecule has 0 fully saturated rings. The molecule has 158 valence electrons. The number of nitrogens with one attached hydrogen (secondary N) is 1. The minimum absolute atomic E-state index is 0.0550. The third-order valence-electron chi connectivity index (χ3n) is 4.85. The highest BCUT2D eigenvalue weighted by molar-refractivity contribution is 6.31. The minimum atomic E-state index is -0.0550. The molecule has 1 heterocycles. The molecule has 0 aliphatic carbocycles. The molecule has 0 spiro atoms. The average Bonchev–Trinajstić information content (AvgIpc) is 3.09. The van der Waals surface area contributed by atoms with E-state index in [1.54, 1.807) is 6.08 Å². The molecule has 5 nitrogen and oxygen atoms in total. The Morgan fingerprint density at radius 2 is 2.07 bits per heavy atom. The van der Waals surface area contributed by atoms with Crippen LogP contribution in [0.2, 0.25) is 5.02 Å². The highest BCUT2D eigenvalue weighted by Crippen LogP contribution is 2.22. The van der Waals surface area contributed by atoms with Crippen LogP contribution >= 0.6 is 11.6 Å². The van der Waals surface area contributed by atoms with Gasteiger partial charge in [-0.2, -0.15) is 0 Å². The van der Waals surface area contributed by atoms with Crippen LogP contribution in [0.1, 0.15) is 31.2 Å². The van der Waals surface area contributed by atoms with Gasteiger partial charge in [-0.25, -0.2) is 4.98 Å². The monoisotopic (exact) mass is 425 g/mol. The van der Waals surface area contributed by atoms with E-state index in [4.69, 9.17) is 21.3 Å². The number of fused-ring (bicyclic) bond motifs is 1. The molecular formula is C24H28ClN3O2. The summed E-state index contributed by atoms with van der Waals surface area (Å²) in [7, 11) is 0. The summed E-state index contributed by atoms with van der Waals surface area (Å²) >= 11 is 6.08. The van der Waals surface area contributed by atoms with Crippen LogP contribution < -0.4 is 10.1 Å². The van der Waals surface area contributed by atoms with E-state index in [-0.39, 0.29) is 5.91 Å². The number of aromatic nitrogens is 2. The Balaban J connectivity index is 1.58. The lowest BCUT2D eigenvalue weighted by molar-refractivity contribution is -0.116. The topological polar surface area (TPSA) is 56.2 Å². The van der Waals surface area contributed by atoms with Crippen LogP contribution in [-0.4, -0.2) is 28.6 Å². The van der Waals surface area contributed by atoms with Gasteiger partial charge < -0.3 is 14.6 Å². The first-order chi connectivity index (χ1) is 14.6. The van der Waals surface area contributed by atoms with Crippen LogP contribution in [-0.2, 0) is 17.8 Å². The fraction of sp³-hybridized carbons (Fsp3) is 0.333. The number of allylic oxidation sites excluding steroid dienone is 1. The molecule has 1 amide bonds. The molecular weight excluding hydrogens is 398 g/mol. The Bertz CT molecular complexity index is 1030. The van der Waals surface area contributed by atoms with Crippen LogP contribution in [0, 0.1) is 6.92 Å². The molecule has 1 N–H and O–H groups in total. The molecule has 0 unspecified atom stereocenters. The second-order valence-electron chi connectivity index (χ2n) is 7.18. The number of hydrogen-bond acceptors (Lipinski definition) is 3. The van der Waals surface area contributed by atoms with Gasteiger partial charge in [0.15, 0.2) is 0 Å². The molecule has 2 aromatic carbocycles. The molecule has 0 saturated carbocycles. The number of carbonyl (C=O) groups excluding carboxylic acids is 1. The Morgan fingerprint density at radius 1 is 1.23 bits per heavy atom. The van der Waals surface area contributed by atoms with Crippen LogP contribution in [0.25, 0.3) is 11.0 Å². The molecule has 0 aliphatic heterocycles. The quantitative estimate of drug-likeness (QED) is 0.363. The Morgan fingerprint density at radius 3 is 2.87 bits per heavy atom. The lowest BCUT2D eigenvalue weighted by atomic mass is 10.2. The maximum Gasteiger partial charge on any atom is 0.243 e. The van der Waals surface area contributed by atoms with E-state index in [0.29, 0.717) is 13.2 Å². The number of nitrogens with zero attached hydrogens (tertiary/aromatic N) is 2. The van der Waals surface area contributed by atoms with Gasteiger partial charge >= 0.3 is 0 Å². The zero-order chi connectivity index (χ0) is 21.3. The molecule has 30 heavy (non-hydrogen) atoms. The number of imidazole rings is 1. The van der Waals surface area contributed by atoms with Gasteiger partial charge in [0.25, 0.3) is 0 Å². The van der Waals surface area contributed by atoms with Gasteiger partial charge in [-0.3, -0.25) is 4.79 Å². The van der Waals surface area contributed by atoms with Crippen molar-refractivity contribution < 1.29 is 9.53 Å². The van der Waals surface area contributed by atoms with Gasteiger partial charge in [-0.1, -0.05) is 29.8 Å². The lowest BCUT2D eigenvalue weighted by Gasteiger charge is -2.11. The first-order valence-corrected chi connectivity index (χ1v) is 10.7. The van der Waals surface area contributed by atoms with E-state index < -0.39 is 0 Å². The van der Waals surface area contributed by atoms with Crippen molar-refractivity contribution in [2.24, 2.45) is 0 Å². The van der Waals surface area contributed by atoms with E-state index in [9.17, 15) is 4.79 Å². The summed E-state index contributed by atoms with van der Waals surface area (Å²) in [5, 5.41) is 3.64. The van der Waals surface area contributed by atoms with Gasteiger partial charge in [0.2, 0.25) is 5.91 Å². The third-order valence-corrected chi connectivity index (χ3v) is 5.28. The van der Waals surface area contributed by atoms with E-state index in [2.05, 4.69) is 16.0 Å². The SMILES string of the molecule is C/C=C\C(=O)NCCCc1nc2ccccc2n1CCCOc1ccc(Cl)c(C)c1. The van der Waals surface area contributed by atoms with Crippen LogP contribution in [0.3, 0.4) is 0 Å². The normalized spacial score (nSPS) is 11.3. The number of rotatable bonds is 10. The van der Waals surface area contributed by atoms with Crippen molar-refractivity contribution in [2.45, 2.75) is 39.7 Å². The number of para-hydroxylation sites is 2. The van der Waals surface area contributed by atoms with Crippen LogP contribution in [0.4, 0.5) is 0 Å². The summed E-state index contributed by atoms with van der Waals surface area (Å²) in [6.07, 6.45) is 5.79. The summed E-state index contributed by atoms with van der Waals surface area (Å²) in [5.74, 6) is 1.82. The first kappa shape index (κ1) is 21.9. The Hall–Kier alpha value is -2.79. The number of halogens is 1. The van der Waals surface area contributed by atoms with Crippen molar-refractivity contribution in [1.82, 2.24) is 14.9 Å². The summed E-state index contributed by atoms with van der Waals surface area (Å²) in [6.45, 7) is 5.88. The number of amides is 1. The lowest BCUT2D eigenvalue weighted by Crippen LogP contribution is -2.22. The second kappa shape index (κ2) is 10.8. The molecule has 0 atom stereocenters. The number of benzene rings is 2. The Kier molecular flexibility index (Phi) is 7.91. The smallest absolute Gasteiger partial charge is 0.243 e. The summed E-state index contributed by atoms with van der Waals surface area (Å²) in [5.41, 5.74) is 3.14. The van der Waals surface area contributed by atoms with E-state index in [1.165, 1.54) is 6.08 Å². The van der Waals surface area contributed by atoms with Crippen molar-refractivity contribution >= 4 is 28.5 Å². The summed E-state index contributed by atoms with van der Waals surface area (Å²) in [4.78, 5) is 16.4. The first-order valence-electron chi connectivity index (χ1n) is 10.3. The Labute approximate surface area is 182 Å². The summed E-state index contributed by atoms with van der Waals surface area (Å²) < 4.78 is 8.16. The third kappa shape index (κ3) is 5.86. The molecule has 3 aromatic rings. The van der Waals surface area contributed by atoms with E-state index in [1.807, 2.05) is 50.2 Å². The van der Waals surface area contributed by atoms with Gasteiger partial charge in [-0.15, -0.1) is 0 Å². The highest BCUT2D eigenvalue weighted by Gasteiger charge is 2.10. The highest BCUT2D eigenvalue weighted by atomic mass is 35.5. The van der Waals surface area contributed by atoms with Crippen molar-refractivity contribution in [3.05, 3.63) is 71.0 Å². The number of ether oxygens (including phenoxy) is 1. The molecule has 6 heteroatoms. The molecule has 3 rings (SSSR count). The van der Waals surface area contributed by atoms with Gasteiger partial charge in [0.05, 0.1) is 17.6 Å². The predicted molar refractivity (Wildman–Crippen MR) is 122 cm³/mol. The average molecular weight is 426 g/mol. The van der Waals surface area contributed by atoms with Gasteiger partial charge in [0.1, 0.15) is 11.6 Å². The number of carbonyl (C=O) groups is 1. The van der Waals surface area contributed by atoms with Crippen molar-refractivity contribution in [2.75, 3.05) is 13.2 Å². The standard InChI is InChI=1S/C24H28ClN3O2/c1-3-8-24(29)26-14-6-11-23-27-21-9-4-5-10-22(21)28(23)15-7-16-30-19-12-13-20(25)18(2)17-19/h3-5,8-10,12-13,17H,6-7,11,14-16H2,1-2H3,(H,26,29)/b8-3-. The van der Waals surface area contributed by atoms with Crippen molar-refractivity contribution in [3.8, 4) is 5.75 Å². The predicted octanol–water partition coefficient (Wildman–Crippen LogP) is 5.09. The fourth-order valence-corrected chi connectivity index (χ4v) is 3.47. The van der Waals surface area contributed by atoms with Crippen LogP contribution in [0.5, 0.6) is 5.75 Å². The molecule has 0 aliphatic rings. The van der Waals surface area contributed by atoms with E-state index in [0.717, 1.165) is 59.0 Å². The van der Waals surface area contributed by atoms with Gasteiger partial charge in [0, 0.05) is 24.5 Å². The largest absolute Gasteiger partial charge is 0.494 e. The van der Waals surface area contributed by atoms with Crippen molar-refractivity contribution in [1.29, 1.82) is 0 Å². The zero-order valence-corrected chi connectivity index (χ0v) is 18.3. The zero-order valence-electron chi connectivity index (χ0n) is 17.5. The van der Waals surface area contributed by atoms with Crippen LogP contribution in [0.15, 0.2) is 54.6 Å². The summed E-state index contributed by atoms with van der Waals surface area (Å²) in [6, 6.07) is 13.9. The molecule has 0 saturated heterocycles. The number of aryl methyl sites for hydroxylation is 3. The molecule has 1 aromatic heterocycles. The second-order valence-corrected chi connectivity index (χ2v) is 7.58. The van der Waals surface area contributed by atoms with Crippen molar-refractivity contribution in [3.63, 3.8) is 0 Å². The fourth-order valence-electron chi connectivity index (χ4n) is 3.35. The maximum atomic E-state index is 11.6.